The van der Waals surface area contributed by atoms with Crippen molar-refractivity contribution in [3.63, 3.8) is 0 Å². The van der Waals surface area contributed by atoms with Gasteiger partial charge in [-0.15, -0.1) is 0 Å². The first-order valence-corrected chi connectivity index (χ1v) is 8.77. The van der Waals surface area contributed by atoms with Gasteiger partial charge in [-0.3, -0.25) is 9.59 Å². The minimum atomic E-state index is 0.0288. The molecule has 1 N–H and O–H groups in total. The standard InChI is InChI=1S/C20H22N2O2/c1-13-18-15(9-5-11-17(18)23)21-19(13)20(24)22-12-6-10-16(22)14-7-3-2-4-8-14/h2-4,7-8,16,21H,5-6,9-12H2,1H3. The van der Waals surface area contributed by atoms with Crippen molar-refractivity contribution in [2.75, 3.05) is 6.54 Å². The van der Waals surface area contributed by atoms with E-state index in [9.17, 15) is 9.59 Å². The highest BCUT2D eigenvalue weighted by molar-refractivity contribution is 6.04. The third kappa shape index (κ3) is 2.37. The van der Waals surface area contributed by atoms with E-state index in [1.807, 2.05) is 30.0 Å². The summed E-state index contributed by atoms with van der Waals surface area (Å²) >= 11 is 0. The van der Waals surface area contributed by atoms with Crippen molar-refractivity contribution in [2.45, 2.75) is 45.1 Å². The van der Waals surface area contributed by atoms with Crippen LogP contribution in [-0.2, 0) is 6.42 Å². The molecule has 1 aliphatic heterocycles. The average molecular weight is 322 g/mol. The summed E-state index contributed by atoms with van der Waals surface area (Å²) in [5.74, 6) is 0.200. The minimum Gasteiger partial charge on any atom is -0.354 e. The predicted octanol–water partition coefficient (Wildman–Crippen LogP) is 3.82. The normalized spacial score (nSPS) is 20.3. The molecule has 0 radical (unpaired) electrons. The smallest absolute Gasteiger partial charge is 0.271 e. The molecule has 1 unspecified atom stereocenters. The SMILES string of the molecule is Cc1c(C(=O)N2CCCC2c2ccccc2)[nH]c2c1C(=O)CCC2. The summed E-state index contributed by atoms with van der Waals surface area (Å²) in [5.41, 5.74) is 4.34. The Bertz CT molecular complexity index is 791. The highest BCUT2D eigenvalue weighted by Crippen LogP contribution is 2.34. The average Bonchev–Trinajstić information content (AvgIpc) is 3.21. The lowest BCUT2D eigenvalue weighted by Gasteiger charge is -2.25. The molecule has 1 fully saturated rings. The summed E-state index contributed by atoms with van der Waals surface area (Å²) in [6, 6.07) is 10.4. The summed E-state index contributed by atoms with van der Waals surface area (Å²) in [6.45, 7) is 2.68. The van der Waals surface area contributed by atoms with E-state index in [1.54, 1.807) is 0 Å². The van der Waals surface area contributed by atoms with Crippen LogP contribution in [0.15, 0.2) is 30.3 Å². The van der Waals surface area contributed by atoms with Crippen molar-refractivity contribution in [2.24, 2.45) is 0 Å². The first-order valence-electron chi connectivity index (χ1n) is 8.77. The Hall–Kier alpha value is -2.36. The first-order chi connectivity index (χ1) is 11.7. The second-order valence-corrected chi connectivity index (χ2v) is 6.82. The van der Waals surface area contributed by atoms with Gasteiger partial charge >= 0.3 is 0 Å². The zero-order chi connectivity index (χ0) is 16.7. The van der Waals surface area contributed by atoms with Gasteiger partial charge in [0, 0.05) is 24.2 Å². The number of Topliss-reactive ketones (excluding diaryl/α,β-unsaturated/α-hetero) is 1. The zero-order valence-electron chi connectivity index (χ0n) is 14.0. The number of nitrogens with zero attached hydrogens (tertiary/aromatic N) is 1. The number of amides is 1. The molecule has 0 saturated carbocycles. The molecular weight excluding hydrogens is 300 g/mol. The fraction of sp³-hybridized carbons (Fsp3) is 0.400. The number of carbonyl (C=O) groups is 2. The first kappa shape index (κ1) is 15.2. The number of aryl methyl sites for hydroxylation is 1. The lowest BCUT2D eigenvalue weighted by atomic mass is 9.93. The van der Waals surface area contributed by atoms with Crippen molar-refractivity contribution in [3.8, 4) is 0 Å². The maximum atomic E-state index is 13.2. The van der Waals surface area contributed by atoms with Crippen molar-refractivity contribution >= 4 is 11.7 Å². The minimum absolute atomic E-state index is 0.0288. The van der Waals surface area contributed by atoms with Crippen LogP contribution in [0.5, 0.6) is 0 Å². The molecule has 0 spiro atoms. The fourth-order valence-electron chi connectivity index (χ4n) is 4.16. The van der Waals surface area contributed by atoms with E-state index in [0.717, 1.165) is 49.0 Å². The van der Waals surface area contributed by atoms with Crippen molar-refractivity contribution < 1.29 is 9.59 Å². The lowest BCUT2D eigenvalue weighted by molar-refractivity contribution is 0.0729. The molecule has 4 rings (SSSR count). The molecule has 1 aromatic heterocycles. The van der Waals surface area contributed by atoms with Gasteiger partial charge in [-0.1, -0.05) is 30.3 Å². The van der Waals surface area contributed by atoms with Gasteiger partial charge in [-0.2, -0.15) is 0 Å². The van der Waals surface area contributed by atoms with Crippen LogP contribution >= 0.6 is 0 Å². The second kappa shape index (κ2) is 5.93. The number of aromatic nitrogens is 1. The Morgan fingerprint density at radius 3 is 2.71 bits per heavy atom. The summed E-state index contributed by atoms with van der Waals surface area (Å²) in [4.78, 5) is 30.6. The number of carbonyl (C=O) groups excluding carboxylic acids is 2. The molecule has 24 heavy (non-hydrogen) atoms. The van der Waals surface area contributed by atoms with Gasteiger partial charge in [0.2, 0.25) is 0 Å². The molecule has 2 heterocycles. The maximum absolute atomic E-state index is 13.2. The van der Waals surface area contributed by atoms with E-state index in [2.05, 4.69) is 17.1 Å². The monoisotopic (exact) mass is 322 g/mol. The molecule has 0 bridgehead atoms. The molecule has 2 aromatic rings. The molecule has 1 amide bonds. The number of H-pyrrole nitrogens is 1. The van der Waals surface area contributed by atoms with Gasteiger partial charge in [0.15, 0.2) is 5.78 Å². The van der Waals surface area contributed by atoms with Gasteiger partial charge < -0.3 is 9.88 Å². The number of nitrogens with one attached hydrogen (secondary N) is 1. The highest BCUT2D eigenvalue weighted by atomic mass is 16.2. The number of fused-ring (bicyclic) bond motifs is 1. The largest absolute Gasteiger partial charge is 0.354 e. The van der Waals surface area contributed by atoms with Crippen LogP contribution in [0.3, 0.4) is 0 Å². The van der Waals surface area contributed by atoms with E-state index >= 15 is 0 Å². The van der Waals surface area contributed by atoms with E-state index in [4.69, 9.17) is 0 Å². The number of likely N-dealkylation sites (tertiary alicyclic amines) is 1. The van der Waals surface area contributed by atoms with E-state index < -0.39 is 0 Å². The molecule has 2 aliphatic rings. The van der Waals surface area contributed by atoms with Crippen LogP contribution in [0.4, 0.5) is 0 Å². The van der Waals surface area contributed by atoms with Crippen molar-refractivity contribution in [1.82, 2.24) is 9.88 Å². The number of benzene rings is 1. The number of rotatable bonds is 2. The molecule has 1 aliphatic carbocycles. The highest BCUT2D eigenvalue weighted by Gasteiger charge is 2.34. The predicted molar refractivity (Wildman–Crippen MR) is 92.3 cm³/mol. The summed E-state index contributed by atoms with van der Waals surface area (Å²) in [5, 5.41) is 0. The Labute approximate surface area is 141 Å². The zero-order valence-corrected chi connectivity index (χ0v) is 14.0. The molecule has 1 atom stereocenters. The topological polar surface area (TPSA) is 53.2 Å². The number of hydrogen-bond acceptors (Lipinski definition) is 2. The summed E-state index contributed by atoms with van der Waals surface area (Å²) in [7, 11) is 0. The summed E-state index contributed by atoms with van der Waals surface area (Å²) in [6.07, 6.45) is 4.33. The van der Waals surface area contributed by atoms with Crippen molar-refractivity contribution in [1.29, 1.82) is 0 Å². The second-order valence-electron chi connectivity index (χ2n) is 6.82. The lowest BCUT2D eigenvalue weighted by Crippen LogP contribution is -2.31. The van der Waals surface area contributed by atoms with E-state index in [0.29, 0.717) is 12.1 Å². The Morgan fingerprint density at radius 1 is 1.17 bits per heavy atom. The third-order valence-electron chi connectivity index (χ3n) is 5.35. The van der Waals surface area contributed by atoms with Crippen LogP contribution in [-0.4, -0.2) is 28.1 Å². The Kier molecular flexibility index (Phi) is 3.75. The molecule has 4 heteroatoms. The van der Waals surface area contributed by atoms with E-state index in [1.165, 1.54) is 5.56 Å². The fourth-order valence-corrected chi connectivity index (χ4v) is 4.16. The Morgan fingerprint density at radius 2 is 1.96 bits per heavy atom. The van der Waals surface area contributed by atoms with E-state index in [-0.39, 0.29) is 17.7 Å². The number of aromatic amines is 1. The molecule has 1 saturated heterocycles. The van der Waals surface area contributed by atoms with Crippen LogP contribution in [0, 0.1) is 6.92 Å². The van der Waals surface area contributed by atoms with Gasteiger partial charge in [0.1, 0.15) is 5.69 Å². The van der Waals surface area contributed by atoms with Gasteiger partial charge in [0.05, 0.1) is 6.04 Å². The van der Waals surface area contributed by atoms with Crippen LogP contribution in [0.2, 0.25) is 0 Å². The van der Waals surface area contributed by atoms with Gasteiger partial charge in [0.25, 0.3) is 5.91 Å². The molecule has 4 nitrogen and oxygen atoms in total. The van der Waals surface area contributed by atoms with Crippen LogP contribution in [0.1, 0.15) is 69.4 Å². The molecule has 1 aromatic carbocycles. The van der Waals surface area contributed by atoms with Crippen LogP contribution < -0.4 is 0 Å². The third-order valence-corrected chi connectivity index (χ3v) is 5.35. The van der Waals surface area contributed by atoms with Crippen LogP contribution in [0.25, 0.3) is 0 Å². The molecular formula is C20H22N2O2. The Balaban J connectivity index is 1.68. The van der Waals surface area contributed by atoms with Gasteiger partial charge in [-0.25, -0.2) is 0 Å². The number of ketones is 1. The van der Waals surface area contributed by atoms with Crippen molar-refractivity contribution in [3.05, 3.63) is 58.4 Å². The molecule has 124 valence electrons. The van der Waals surface area contributed by atoms with Gasteiger partial charge in [-0.05, 0) is 43.7 Å². The summed E-state index contributed by atoms with van der Waals surface area (Å²) < 4.78 is 0. The maximum Gasteiger partial charge on any atom is 0.271 e. The number of hydrogen-bond donors (Lipinski definition) is 1. The quantitative estimate of drug-likeness (QED) is 0.914.